The molecule has 1 aromatic heterocycles. The van der Waals surface area contributed by atoms with Gasteiger partial charge in [0.05, 0.1) is 10.9 Å². The summed E-state index contributed by atoms with van der Waals surface area (Å²) in [5, 5.41) is 1.20. The Bertz CT molecular complexity index is 1120. The number of halogens is 1. The highest BCUT2D eigenvalue weighted by Crippen LogP contribution is 2.23. The second-order valence-corrected chi connectivity index (χ2v) is 6.36. The molecule has 3 aromatic carbocycles. The molecule has 26 heavy (non-hydrogen) atoms. The van der Waals surface area contributed by atoms with Crippen molar-refractivity contribution in [2.24, 2.45) is 0 Å². The second kappa shape index (κ2) is 7.06. The standard InChI is InChI=1S/C22H15ClO3/c23-17-8-4-5-15(11-17)13-25-18-9-10-19-21(12-18)26-14-20(22(19)24)16-6-2-1-3-7-16/h1-12,14H,13H2. The first-order chi connectivity index (χ1) is 12.7. The maximum Gasteiger partial charge on any atom is 0.200 e. The van der Waals surface area contributed by atoms with Gasteiger partial charge in [0.2, 0.25) is 0 Å². The van der Waals surface area contributed by atoms with E-state index in [-0.39, 0.29) is 5.43 Å². The van der Waals surface area contributed by atoms with Crippen LogP contribution in [0.15, 0.2) is 88.3 Å². The number of hydrogen-bond donors (Lipinski definition) is 0. The molecular weight excluding hydrogens is 348 g/mol. The van der Waals surface area contributed by atoms with Gasteiger partial charge < -0.3 is 9.15 Å². The summed E-state index contributed by atoms with van der Waals surface area (Å²) in [6.07, 6.45) is 1.50. The van der Waals surface area contributed by atoms with E-state index in [0.717, 1.165) is 11.1 Å². The molecule has 3 nitrogen and oxygen atoms in total. The molecule has 0 spiro atoms. The quantitative estimate of drug-likeness (QED) is 0.468. The van der Waals surface area contributed by atoms with Gasteiger partial charge in [-0.1, -0.05) is 54.1 Å². The third kappa shape index (κ3) is 3.35. The first kappa shape index (κ1) is 16.4. The van der Waals surface area contributed by atoms with Crippen molar-refractivity contribution in [2.75, 3.05) is 0 Å². The monoisotopic (exact) mass is 362 g/mol. The lowest BCUT2D eigenvalue weighted by molar-refractivity contribution is 0.306. The van der Waals surface area contributed by atoms with E-state index in [1.54, 1.807) is 18.2 Å². The van der Waals surface area contributed by atoms with Gasteiger partial charge in [-0.2, -0.15) is 0 Å². The molecule has 4 aromatic rings. The van der Waals surface area contributed by atoms with Gasteiger partial charge >= 0.3 is 0 Å². The molecule has 128 valence electrons. The lowest BCUT2D eigenvalue weighted by atomic mass is 10.1. The summed E-state index contributed by atoms with van der Waals surface area (Å²) >= 11 is 5.98. The molecule has 0 fully saturated rings. The summed E-state index contributed by atoms with van der Waals surface area (Å²) in [5.74, 6) is 0.632. The third-order valence-corrected chi connectivity index (χ3v) is 4.36. The Labute approximate surface area is 155 Å². The first-order valence-electron chi connectivity index (χ1n) is 8.19. The minimum atomic E-state index is -0.0566. The van der Waals surface area contributed by atoms with Gasteiger partial charge in [0, 0.05) is 11.1 Å². The van der Waals surface area contributed by atoms with Crippen LogP contribution in [0.5, 0.6) is 5.75 Å². The average Bonchev–Trinajstić information content (AvgIpc) is 2.67. The van der Waals surface area contributed by atoms with Gasteiger partial charge in [0.1, 0.15) is 24.2 Å². The van der Waals surface area contributed by atoms with Crippen molar-refractivity contribution in [2.45, 2.75) is 6.61 Å². The predicted octanol–water partition coefficient (Wildman–Crippen LogP) is 5.69. The molecule has 0 amide bonds. The summed E-state index contributed by atoms with van der Waals surface area (Å²) in [6.45, 7) is 0.387. The molecule has 0 aliphatic heterocycles. The summed E-state index contributed by atoms with van der Waals surface area (Å²) < 4.78 is 11.5. The van der Waals surface area contributed by atoms with E-state index in [2.05, 4.69) is 0 Å². The third-order valence-electron chi connectivity index (χ3n) is 4.13. The van der Waals surface area contributed by atoms with E-state index >= 15 is 0 Å². The van der Waals surface area contributed by atoms with Crippen molar-refractivity contribution in [3.8, 4) is 16.9 Å². The number of benzene rings is 3. The van der Waals surface area contributed by atoms with E-state index in [1.807, 2.05) is 54.6 Å². The molecule has 0 N–H and O–H groups in total. The van der Waals surface area contributed by atoms with E-state index in [0.29, 0.717) is 33.9 Å². The summed E-state index contributed by atoms with van der Waals surface area (Å²) in [5.41, 5.74) is 2.80. The summed E-state index contributed by atoms with van der Waals surface area (Å²) in [7, 11) is 0. The first-order valence-corrected chi connectivity index (χ1v) is 8.57. The molecule has 4 heteroatoms. The van der Waals surface area contributed by atoms with E-state index in [9.17, 15) is 4.79 Å². The van der Waals surface area contributed by atoms with Crippen LogP contribution < -0.4 is 10.2 Å². The Balaban J connectivity index is 1.63. The molecule has 0 radical (unpaired) electrons. The highest BCUT2D eigenvalue weighted by atomic mass is 35.5. The summed E-state index contributed by atoms with van der Waals surface area (Å²) in [6, 6.07) is 22.2. The fraction of sp³-hybridized carbons (Fsp3) is 0.0455. The van der Waals surface area contributed by atoms with Gasteiger partial charge in [0.25, 0.3) is 0 Å². The van der Waals surface area contributed by atoms with Crippen LogP contribution in [0.25, 0.3) is 22.1 Å². The van der Waals surface area contributed by atoms with E-state index < -0.39 is 0 Å². The number of hydrogen-bond acceptors (Lipinski definition) is 3. The molecule has 0 unspecified atom stereocenters. The molecular formula is C22H15ClO3. The van der Waals surface area contributed by atoms with Crippen molar-refractivity contribution in [3.05, 3.63) is 99.9 Å². The van der Waals surface area contributed by atoms with Crippen LogP contribution >= 0.6 is 11.6 Å². The zero-order valence-electron chi connectivity index (χ0n) is 13.8. The molecule has 0 bridgehead atoms. The Hall–Kier alpha value is -3.04. The molecule has 4 rings (SSSR count). The Morgan fingerprint density at radius 3 is 2.58 bits per heavy atom. The maximum atomic E-state index is 12.7. The van der Waals surface area contributed by atoms with Crippen molar-refractivity contribution in [3.63, 3.8) is 0 Å². The Morgan fingerprint density at radius 1 is 0.923 bits per heavy atom. The smallest absolute Gasteiger partial charge is 0.200 e. The van der Waals surface area contributed by atoms with Gasteiger partial charge in [-0.3, -0.25) is 4.79 Å². The van der Waals surface area contributed by atoms with Crippen LogP contribution in [0.4, 0.5) is 0 Å². The van der Waals surface area contributed by atoms with Crippen LogP contribution in [-0.4, -0.2) is 0 Å². The Kier molecular flexibility index (Phi) is 4.46. The van der Waals surface area contributed by atoms with Crippen molar-refractivity contribution < 1.29 is 9.15 Å². The van der Waals surface area contributed by atoms with Gasteiger partial charge in [-0.25, -0.2) is 0 Å². The average molecular weight is 363 g/mol. The molecule has 0 saturated carbocycles. The zero-order chi connectivity index (χ0) is 17.9. The predicted molar refractivity (Wildman–Crippen MR) is 104 cm³/mol. The van der Waals surface area contributed by atoms with Crippen LogP contribution in [-0.2, 0) is 6.61 Å². The fourth-order valence-electron chi connectivity index (χ4n) is 2.81. The van der Waals surface area contributed by atoms with Crippen LogP contribution in [0.2, 0.25) is 5.02 Å². The summed E-state index contributed by atoms with van der Waals surface area (Å²) in [4.78, 5) is 12.7. The number of rotatable bonds is 4. The molecule has 1 heterocycles. The van der Waals surface area contributed by atoms with Crippen LogP contribution in [0.3, 0.4) is 0 Å². The minimum absolute atomic E-state index is 0.0566. The zero-order valence-corrected chi connectivity index (χ0v) is 14.6. The SMILES string of the molecule is O=c1c(-c2ccccc2)coc2cc(OCc3cccc(Cl)c3)ccc12. The topological polar surface area (TPSA) is 39.4 Å². The second-order valence-electron chi connectivity index (χ2n) is 5.92. The highest BCUT2D eigenvalue weighted by molar-refractivity contribution is 6.30. The largest absolute Gasteiger partial charge is 0.489 e. The molecule has 0 atom stereocenters. The van der Waals surface area contributed by atoms with Crippen molar-refractivity contribution >= 4 is 22.6 Å². The normalized spacial score (nSPS) is 10.8. The van der Waals surface area contributed by atoms with E-state index in [1.165, 1.54) is 6.26 Å². The molecule has 0 aliphatic rings. The van der Waals surface area contributed by atoms with Crippen molar-refractivity contribution in [1.82, 2.24) is 0 Å². The van der Waals surface area contributed by atoms with E-state index in [4.69, 9.17) is 20.8 Å². The lowest BCUT2D eigenvalue weighted by Crippen LogP contribution is -2.05. The number of ether oxygens (including phenoxy) is 1. The van der Waals surface area contributed by atoms with Crippen LogP contribution in [0, 0.1) is 0 Å². The lowest BCUT2D eigenvalue weighted by Gasteiger charge is -2.08. The van der Waals surface area contributed by atoms with Crippen LogP contribution in [0.1, 0.15) is 5.56 Å². The fourth-order valence-corrected chi connectivity index (χ4v) is 3.02. The maximum absolute atomic E-state index is 12.7. The number of fused-ring (bicyclic) bond motifs is 1. The van der Waals surface area contributed by atoms with Gasteiger partial charge in [-0.15, -0.1) is 0 Å². The highest BCUT2D eigenvalue weighted by Gasteiger charge is 2.10. The molecule has 0 aliphatic carbocycles. The minimum Gasteiger partial charge on any atom is -0.489 e. The molecule has 0 saturated heterocycles. The van der Waals surface area contributed by atoms with Gasteiger partial charge in [-0.05, 0) is 35.4 Å². The van der Waals surface area contributed by atoms with Crippen molar-refractivity contribution in [1.29, 1.82) is 0 Å². The Morgan fingerprint density at radius 2 is 1.77 bits per heavy atom. The van der Waals surface area contributed by atoms with Gasteiger partial charge in [0.15, 0.2) is 5.43 Å².